The third-order valence-corrected chi connectivity index (χ3v) is 3.36. The van der Waals surface area contributed by atoms with Gasteiger partial charge in [-0.05, 0) is 36.7 Å². The number of rotatable bonds is 7. The lowest BCUT2D eigenvalue weighted by atomic mass is 10.2. The lowest BCUT2D eigenvalue weighted by molar-refractivity contribution is 0.301. The van der Waals surface area contributed by atoms with Crippen LogP contribution >= 0.6 is 11.6 Å². The van der Waals surface area contributed by atoms with Crippen LogP contribution in [0.4, 0.5) is 4.39 Å². The van der Waals surface area contributed by atoms with Gasteiger partial charge in [-0.2, -0.15) is 0 Å². The first-order valence-electron chi connectivity index (χ1n) is 7.06. The maximum Gasteiger partial charge on any atom is 0.142 e. The minimum atomic E-state index is -0.264. The van der Waals surface area contributed by atoms with Gasteiger partial charge in [0.25, 0.3) is 0 Å². The molecule has 0 radical (unpaired) electrons. The molecule has 0 aliphatic rings. The molecule has 0 atom stereocenters. The zero-order valence-corrected chi connectivity index (χ0v) is 12.8. The van der Waals surface area contributed by atoms with Gasteiger partial charge in [-0.25, -0.2) is 4.39 Å². The fourth-order valence-corrected chi connectivity index (χ4v) is 2.29. The molecule has 2 aromatic carbocycles. The van der Waals surface area contributed by atoms with Gasteiger partial charge in [-0.15, -0.1) is 0 Å². The van der Waals surface area contributed by atoms with Crippen LogP contribution in [0.15, 0.2) is 42.5 Å². The summed E-state index contributed by atoms with van der Waals surface area (Å²) in [5, 5.41) is 3.90. The molecular weight excluding hydrogens is 289 g/mol. The van der Waals surface area contributed by atoms with Crippen LogP contribution in [0, 0.1) is 5.82 Å². The van der Waals surface area contributed by atoms with Gasteiger partial charge in [-0.1, -0.05) is 42.8 Å². The molecule has 0 aliphatic carbocycles. The Morgan fingerprint density at radius 3 is 2.76 bits per heavy atom. The summed E-state index contributed by atoms with van der Waals surface area (Å²) in [5.74, 6) is 0.395. The number of nitrogens with one attached hydrogen (secondary N) is 1. The number of hydrogen-bond acceptors (Lipinski definition) is 2. The van der Waals surface area contributed by atoms with Gasteiger partial charge in [0, 0.05) is 12.1 Å². The number of hydrogen-bond donors (Lipinski definition) is 1. The van der Waals surface area contributed by atoms with Crippen molar-refractivity contribution in [1.29, 1.82) is 0 Å². The summed E-state index contributed by atoms with van der Waals surface area (Å²) in [4.78, 5) is 0. The number of halogens is 2. The first kappa shape index (κ1) is 15.8. The normalized spacial score (nSPS) is 10.6. The summed E-state index contributed by atoms with van der Waals surface area (Å²) in [7, 11) is 0. The zero-order chi connectivity index (χ0) is 15.1. The number of ether oxygens (including phenoxy) is 1. The molecule has 0 aromatic heterocycles. The SMILES string of the molecule is CCCNCc1cccc(Cl)c1OCc1cccc(F)c1. The molecule has 0 amide bonds. The molecule has 0 saturated heterocycles. The highest BCUT2D eigenvalue weighted by atomic mass is 35.5. The van der Waals surface area contributed by atoms with Gasteiger partial charge in [-0.3, -0.25) is 0 Å². The van der Waals surface area contributed by atoms with Crippen molar-refractivity contribution in [3.63, 3.8) is 0 Å². The van der Waals surface area contributed by atoms with E-state index >= 15 is 0 Å². The summed E-state index contributed by atoms with van der Waals surface area (Å²) in [6.07, 6.45) is 1.07. The minimum absolute atomic E-state index is 0.264. The molecule has 1 N–H and O–H groups in total. The monoisotopic (exact) mass is 307 g/mol. The average Bonchev–Trinajstić information content (AvgIpc) is 2.47. The number of benzene rings is 2. The average molecular weight is 308 g/mol. The van der Waals surface area contributed by atoms with Crippen LogP contribution in [0.2, 0.25) is 5.02 Å². The zero-order valence-electron chi connectivity index (χ0n) is 12.0. The summed E-state index contributed by atoms with van der Waals surface area (Å²) in [6.45, 7) is 4.05. The Balaban J connectivity index is 2.07. The molecule has 4 heteroatoms. The van der Waals surface area contributed by atoms with Crippen LogP contribution in [-0.4, -0.2) is 6.54 Å². The molecule has 0 aliphatic heterocycles. The molecule has 2 aromatic rings. The summed E-state index contributed by atoms with van der Waals surface area (Å²) in [6, 6.07) is 12.1. The summed E-state index contributed by atoms with van der Waals surface area (Å²) in [5.41, 5.74) is 1.79. The molecule has 0 spiro atoms. The minimum Gasteiger partial charge on any atom is -0.487 e. The largest absolute Gasteiger partial charge is 0.487 e. The van der Waals surface area contributed by atoms with Gasteiger partial charge in [0.2, 0.25) is 0 Å². The second-order valence-corrected chi connectivity index (χ2v) is 5.23. The molecule has 0 bridgehead atoms. The Labute approximate surface area is 129 Å². The molecule has 0 heterocycles. The van der Waals surface area contributed by atoms with E-state index in [1.165, 1.54) is 12.1 Å². The van der Waals surface area contributed by atoms with Crippen molar-refractivity contribution in [3.05, 3.63) is 64.4 Å². The molecule has 0 unspecified atom stereocenters. The van der Waals surface area contributed by atoms with E-state index in [4.69, 9.17) is 16.3 Å². The van der Waals surface area contributed by atoms with Crippen molar-refractivity contribution in [1.82, 2.24) is 5.32 Å². The van der Waals surface area contributed by atoms with Crippen molar-refractivity contribution in [2.24, 2.45) is 0 Å². The van der Waals surface area contributed by atoms with Crippen molar-refractivity contribution in [2.75, 3.05) is 6.54 Å². The van der Waals surface area contributed by atoms with E-state index in [2.05, 4.69) is 12.2 Å². The second-order valence-electron chi connectivity index (χ2n) is 4.82. The van der Waals surface area contributed by atoms with Crippen LogP contribution in [0.5, 0.6) is 5.75 Å². The fraction of sp³-hybridized carbons (Fsp3) is 0.294. The fourth-order valence-electron chi connectivity index (χ4n) is 2.04. The lowest BCUT2D eigenvalue weighted by Crippen LogP contribution is -2.14. The first-order chi connectivity index (χ1) is 10.2. The molecule has 0 saturated carbocycles. The van der Waals surface area contributed by atoms with E-state index in [1.54, 1.807) is 12.1 Å². The third kappa shape index (κ3) is 4.73. The first-order valence-corrected chi connectivity index (χ1v) is 7.44. The highest BCUT2D eigenvalue weighted by Gasteiger charge is 2.08. The Morgan fingerprint density at radius 2 is 2.00 bits per heavy atom. The number of para-hydroxylation sites is 1. The standard InChI is InChI=1S/C17H19ClFNO/c1-2-9-20-11-14-6-4-8-16(18)17(14)21-12-13-5-3-7-15(19)10-13/h3-8,10,20H,2,9,11-12H2,1H3. The maximum absolute atomic E-state index is 13.2. The van der Waals surface area contributed by atoms with E-state index in [0.717, 1.165) is 24.1 Å². The predicted octanol–water partition coefficient (Wildman–Crippen LogP) is 4.56. The van der Waals surface area contributed by atoms with E-state index < -0.39 is 0 Å². The molecular formula is C17H19ClFNO. The highest BCUT2D eigenvalue weighted by molar-refractivity contribution is 6.32. The van der Waals surface area contributed by atoms with Crippen molar-refractivity contribution in [2.45, 2.75) is 26.5 Å². The quantitative estimate of drug-likeness (QED) is 0.757. The van der Waals surface area contributed by atoms with Gasteiger partial charge in [0.1, 0.15) is 18.2 Å². The van der Waals surface area contributed by atoms with Crippen LogP contribution < -0.4 is 10.1 Å². The van der Waals surface area contributed by atoms with Crippen molar-refractivity contribution >= 4 is 11.6 Å². The van der Waals surface area contributed by atoms with E-state index in [9.17, 15) is 4.39 Å². The van der Waals surface area contributed by atoms with Crippen LogP contribution in [0.1, 0.15) is 24.5 Å². The van der Waals surface area contributed by atoms with Gasteiger partial charge in [0.05, 0.1) is 5.02 Å². The van der Waals surface area contributed by atoms with Gasteiger partial charge in [0.15, 0.2) is 0 Å². The second kappa shape index (κ2) is 8.01. The van der Waals surface area contributed by atoms with E-state index in [1.807, 2.05) is 18.2 Å². The summed E-state index contributed by atoms with van der Waals surface area (Å²) < 4.78 is 19.0. The Hall–Kier alpha value is -1.58. The predicted molar refractivity (Wildman–Crippen MR) is 84.2 cm³/mol. The molecule has 2 nitrogen and oxygen atoms in total. The van der Waals surface area contributed by atoms with E-state index in [0.29, 0.717) is 23.9 Å². The molecule has 2 rings (SSSR count). The maximum atomic E-state index is 13.2. The smallest absolute Gasteiger partial charge is 0.142 e. The Bertz CT molecular complexity index is 589. The van der Waals surface area contributed by atoms with Crippen LogP contribution in [0.25, 0.3) is 0 Å². The Kier molecular flexibility index (Phi) is 6.03. The highest BCUT2D eigenvalue weighted by Crippen LogP contribution is 2.29. The van der Waals surface area contributed by atoms with Gasteiger partial charge < -0.3 is 10.1 Å². The lowest BCUT2D eigenvalue weighted by Gasteiger charge is -2.14. The topological polar surface area (TPSA) is 21.3 Å². The molecule has 112 valence electrons. The van der Waals surface area contributed by atoms with Crippen molar-refractivity contribution < 1.29 is 9.13 Å². The molecule has 21 heavy (non-hydrogen) atoms. The third-order valence-electron chi connectivity index (χ3n) is 3.06. The Morgan fingerprint density at radius 1 is 1.19 bits per heavy atom. The van der Waals surface area contributed by atoms with Crippen molar-refractivity contribution in [3.8, 4) is 5.75 Å². The van der Waals surface area contributed by atoms with Crippen LogP contribution in [-0.2, 0) is 13.2 Å². The van der Waals surface area contributed by atoms with Gasteiger partial charge >= 0.3 is 0 Å². The summed E-state index contributed by atoms with van der Waals surface area (Å²) >= 11 is 6.21. The van der Waals surface area contributed by atoms with E-state index in [-0.39, 0.29) is 5.82 Å². The molecule has 0 fully saturated rings. The van der Waals surface area contributed by atoms with Crippen LogP contribution in [0.3, 0.4) is 0 Å².